The number of aromatic nitrogens is 1. The molecule has 0 bridgehead atoms. The van der Waals surface area contributed by atoms with Gasteiger partial charge in [0.15, 0.2) is 0 Å². The molecule has 3 nitrogen and oxygen atoms in total. The van der Waals surface area contributed by atoms with Crippen molar-refractivity contribution in [3.05, 3.63) is 65.1 Å². The monoisotopic (exact) mass is 357 g/mol. The fourth-order valence-electron chi connectivity index (χ4n) is 2.42. The van der Waals surface area contributed by atoms with Crippen LogP contribution in [0, 0.1) is 23.6 Å². The number of halogens is 2. The van der Waals surface area contributed by atoms with Gasteiger partial charge in [-0.15, -0.1) is 0 Å². The minimum absolute atomic E-state index is 0.0929. The summed E-state index contributed by atoms with van der Waals surface area (Å²) in [5.74, 6) is 5.74. The number of pyridine rings is 1. The summed E-state index contributed by atoms with van der Waals surface area (Å²) in [4.78, 5) is 4.32. The maximum absolute atomic E-state index is 13.5. The van der Waals surface area contributed by atoms with Gasteiger partial charge in [-0.05, 0) is 37.1 Å². The molecule has 1 fully saturated rings. The van der Waals surface area contributed by atoms with Crippen molar-refractivity contribution in [3.8, 4) is 23.1 Å². The highest BCUT2D eigenvalue weighted by molar-refractivity contribution is 6.30. The molecule has 1 saturated heterocycles. The van der Waals surface area contributed by atoms with Crippen molar-refractivity contribution < 1.29 is 13.9 Å². The van der Waals surface area contributed by atoms with Crippen molar-refractivity contribution in [2.75, 3.05) is 13.2 Å². The second kappa shape index (κ2) is 8.26. The lowest BCUT2D eigenvalue weighted by molar-refractivity contribution is -0.160. The number of hydrogen-bond acceptors (Lipinski definition) is 3. The van der Waals surface area contributed by atoms with Crippen LogP contribution in [-0.4, -0.2) is 24.5 Å². The molecular formula is C20H17ClFNO2. The molecule has 0 saturated carbocycles. The highest BCUT2D eigenvalue weighted by Gasteiger charge is 2.18. The second-order valence-corrected chi connectivity index (χ2v) is 6.02. The van der Waals surface area contributed by atoms with Gasteiger partial charge in [-0.1, -0.05) is 35.7 Å². The molecule has 0 unspecified atom stereocenters. The van der Waals surface area contributed by atoms with E-state index in [2.05, 4.69) is 22.9 Å². The molecule has 0 amide bonds. The van der Waals surface area contributed by atoms with Crippen LogP contribution in [0.2, 0.25) is 5.02 Å². The summed E-state index contributed by atoms with van der Waals surface area (Å²) in [5, 5.41) is 0.0929. The van der Waals surface area contributed by atoms with E-state index in [4.69, 9.17) is 21.1 Å². The van der Waals surface area contributed by atoms with Crippen LogP contribution in [0.3, 0.4) is 0 Å². The van der Waals surface area contributed by atoms with Gasteiger partial charge in [0.05, 0.1) is 23.9 Å². The predicted octanol–water partition coefficient (Wildman–Crippen LogP) is 4.46. The van der Waals surface area contributed by atoms with Crippen molar-refractivity contribution in [3.63, 3.8) is 0 Å². The Hall–Kier alpha value is -2.19. The summed E-state index contributed by atoms with van der Waals surface area (Å²) >= 11 is 5.69. The van der Waals surface area contributed by atoms with Gasteiger partial charge in [-0.25, -0.2) is 4.39 Å². The number of allylic oxidation sites excluding steroid dienone is 1. The van der Waals surface area contributed by atoms with Crippen molar-refractivity contribution in [2.45, 2.75) is 13.2 Å². The summed E-state index contributed by atoms with van der Waals surface area (Å²) in [6.45, 7) is 3.17. The van der Waals surface area contributed by atoms with E-state index in [1.807, 2.05) is 19.1 Å². The molecule has 1 aliphatic heterocycles. The molecule has 0 radical (unpaired) electrons. The predicted molar refractivity (Wildman–Crippen MR) is 95.5 cm³/mol. The van der Waals surface area contributed by atoms with Crippen LogP contribution < -0.4 is 0 Å². The molecule has 3 rings (SSSR count). The smallest absolute Gasteiger partial charge is 0.222 e. The van der Waals surface area contributed by atoms with E-state index < -0.39 is 12.1 Å². The Labute approximate surface area is 151 Å². The molecule has 0 aliphatic carbocycles. The van der Waals surface area contributed by atoms with E-state index in [-0.39, 0.29) is 10.9 Å². The van der Waals surface area contributed by atoms with Crippen LogP contribution in [-0.2, 0) is 9.47 Å². The van der Waals surface area contributed by atoms with Crippen molar-refractivity contribution in [1.82, 2.24) is 4.98 Å². The Kier molecular flexibility index (Phi) is 5.83. The molecule has 2 heterocycles. The first-order valence-corrected chi connectivity index (χ1v) is 8.32. The lowest BCUT2D eigenvalue weighted by Crippen LogP contribution is -2.30. The normalized spacial score (nSPS) is 20.3. The Morgan fingerprint density at radius 1 is 1.24 bits per heavy atom. The van der Waals surface area contributed by atoms with Crippen molar-refractivity contribution in [1.29, 1.82) is 0 Å². The quantitative estimate of drug-likeness (QED) is 0.587. The highest BCUT2D eigenvalue weighted by Crippen LogP contribution is 2.22. The summed E-state index contributed by atoms with van der Waals surface area (Å²) < 4.78 is 24.7. The molecule has 2 aromatic rings. The number of hydrogen-bond donors (Lipinski definition) is 0. The zero-order valence-electron chi connectivity index (χ0n) is 13.7. The average molecular weight is 358 g/mol. The third-order valence-corrected chi connectivity index (χ3v) is 4.01. The number of rotatable bonds is 2. The SMILES string of the molecule is CC=C[C@H]1CO[C@H](C#Cc2ccc(-c3ccc(Cl)c(F)c3)nc2)OC1. The highest BCUT2D eigenvalue weighted by atomic mass is 35.5. The van der Waals surface area contributed by atoms with E-state index in [0.29, 0.717) is 24.5 Å². The number of nitrogens with zero attached hydrogens (tertiary/aromatic N) is 1. The zero-order valence-corrected chi connectivity index (χ0v) is 14.5. The maximum Gasteiger partial charge on any atom is 0.222 e. The molecule has 0 atom stereocenters. The molecule has 0 N–H and O–H groups in total. The van der Waals surface area contributed by atoms with Crippen LogP contribution in [0.4, 0.5) is 4.39 Å². The summed E-state index contributed by atoms with van der Waals surface area (Å²) in [5.41, 5.74) is 2.05. The Morgan fingerprint density at radius 2 is 2.04 bits per heavy atom. The third kappa shape index (κ3) is 4.67. The molecule has 5 heteroatoms. The second-order valence-electron chi connectivity index (χ2n) is 5.61. The minimum atomic E-state index is -0.522. The topological polar surface area (TPSA) is 31.4 Å². The van der Waals surface area contributed by atoms with Crippen LogP contribution in [0.25, 0.3) is 11.3 Å². The first-order valence-electron chi connectivity index (χ1n) is 7.95. The lowest BCUT2D eigenvalue weighted by atomic mass is 10.1. The zero-order chi connectivity index (χ0) is 17.6. The molecule has 1 aromatic heterocycles. The molecule has 0 spiro atoms. The molecule has 1 aromatic carbocycles. The van der Waals surface area contributed by atoms with Crippen LogP contribution in [0.15, 0.2) is 48.7 Å². The Bertz CT molecular complexity index is 816. The van der Waals surface area contributed by atoms with Gasteiger partial charge < -0.3 is 9.47 Å². The molecular weight excluding hydrogens is 341 g/mol. The van der Waals surface area contributed by atoms with Crippen LogP contribution >= 0.6 is 11.6 Å². The Morgan fingerprint density at radius 3 is 2.68 bits per heavy atom. The third-order valence-electron chi connectivity index (χ3n) is 3.70. The molecule has 1 aliphatic rings. The largest absolute Gasteiger partial charge is 0.341 e. The van der Waals surface area contributed by atoms with Gasteiger partial charge >= 0.3 is 0 Å². The molecule has 25 heavy (non-hydrogen) atoms. The standard InChI is InChI=1S/C20H17ClFNO2/c1-2-3-15-12-24-20(25-13-15)9-5-14-4-8-19(23-11-14)16-6-7-17(21)18(22)10-16/h2-4,6-8,10-11,15,20H,12-13H2,1H3/t15-,20-. The van der Waals surface area contributed by atoms with Crippen molar-refractivity contribution in [2.24, 2.45) is 5.92 Å². The van der Waals surface area contributed by atoms with E-state index in [1.165, 1.54) is 12.1 Å². The first kappa shape index (κ1) is 17.6. The number of benzene rings is 1. The Balaban J connectivity index is 1.65. The first-order chi connectivity index (χ1) is 12.2. The van der Waals surface area contributed by atoms with Gasteiger partial charge in [0.1, 0.15) is 5.82 Å². The van der Waals surface area contributed by atoms with Gasteiger partial charge in [0.2, 0.25) is 6.29 Å². The van der Waals surface area contributed by atoms with E-state index >= 15 is 0 Å². The van der Waals surface area contributed by atoms with E-state index in [0.717, 1.165) is 5.56 Å². The average Bonchev–Trinajstić information content (AvgIpc) is 2.64. The van der Waals surface area contributed by atoms with Gasteiger partial charge in [0.25, 0.3) is 0 Å². The maximum atomic E-state index is 13.5. The number of ether oxygens (including phenoxy) is 2. The fourth-order valence-corrected chi connectivity index (χ4v) is 2.54. The van der Waals surface area contributed by atoms with Gasteiger partial charge in [0, 0.05) is 23.2 Å². The van der Waals surface area contributed by atoms with Gasteiger partial charge in [-0.3, -0.25) is 4.98 Å². The summed E-state index contributed by atoms with van der Waals surface area (Å²) in [7, 11) is 0. The van der Waals surface area contributed by atoms with E-state index in [1.54, 1.807) is 18.3 Å². The minimum Gasteiger partial charge on any atom is -0.341 e. The molecule has 128 valence electrons. The van der Waals surface area contributed by atoms with E-state index in [9.17, 15) is 4.39 Å². The summed E-state index contributed by atoms with van der Waals surface area (Å²) in [6.07, 6.45) is 5.17. The van der Waals surface area contributed by atoms with Gasteiger partial charge in [-0.2, -0.15) is 0 Å². The van der Waals surface area contributed by atoms with Crippen LogP contribution in [0.1, 0.15) is 12.5 Å². The lowest BCUT2D eigenvalue weighted by Gasteiger charge is -2.24. The van der Waals surface area contributed by atoms with Crippen molar-refractivity contribution >= 4 is 11.6 Å². The fraction of sp³-hybridized carbons (Fsp3) is 0.250. The van der Waals surface area contributed by atoms with Crippen LogP contribution in [0.5, 0.6) is 0 Å². The summed E-state index contributed by atoms with van der Waals surface area (Å²) in [6, 6.07) is 8.22.